The Morgan fingerprint density at radius 2 is 1.77 bits per heavy atom. The summed E-state index contributed by atoms with van der Waals surface area (Å²) < 4.78 is 0. The van der Waals surface area contributed by atoms with Gasteiger partial charge < -0.3 is 0 Å². The number of H-pyrrole nitrogens is 1. The van der Waals surface area contributed by atoms with E-state index in [0.717, 1.165) is 22.5 Å². The summed E-state index contributed by atoms with van der Waals surface area (Å²) in [5.41, 5.74) is 8.03. The molecule has 1 aliphatic carbocycles. The molecule has 4 rings (SSSR count). The van der Waals surface area contributed by atoms with Crippen LogP contribution in [0.3, 0.4) is 0 Å². The van der Waals surface area contributed by atoms with Crippen molar-refractivity contribution in [1.29, 1.82) is 0 Å². The van der Waals surface area contributed by atoms with Crippen LogP contribution in [0.5, 0.6) is 0 Å². The molecule has 5 nitrogen and oxygen atoms in total. The Labute approximate surface area is 152 Å². The second kappa shape index (κ2) is 6.96. The topological polar surface area (TPSA) is 70.1 Å². The predicted molar refractivity (Wildman–Crippen MR) is 102 cm³/mol. The van der Waals surface area contributed by atoms with Crippen molar-refractivity contribution in [3.8, 4) is 11.1 Å². The first-order valence-electron chi connectivity index (χ1n) is 8.76. The van der Waals surface area contributed by atoms with Crippen LogP contribution < -0.4 is 5.43 Å². The van der Waals surface area contributed by atoms with Crippen LogP contribution in [0.15, 0.2) is 65.8 Å². The van der Waals surface area contributed by atoms with Crippen molar-refractivity contribution in [2.45, 2.75) is 25.7 Å². The molecule has 0 radical (unpaired) electrons. The van der Waals surface area contributed by atoms with Gasteiger partial charge in [0, 0.05) is 11.6 Å². The first kappa shape index (κ1) is 16.3. The second-order valence-corrected chi connectivity index (χ2v) is 6.56. The van der Waals surface area contributed by atoms with E-state index in [0.29, 0.717) is 11.6 Å². The lowest BCUT2D eigenvalue weighted by Gasteiger charge is -2.05. The van der Waals surface area contributed by atoms with Gasteiger partial charge in [-0.3, -0.25) is 9.89 Å². The van der Waals surface area contributed by atoms with Crippen LogP contribution in [-0.2, 0) is 0 Å². The number of amides is 1. The molecule has 1 aromatic heterocycles. The van der Waals surface area contributed by atoms with Crippen LogP contribution in [0.2, 0.25) is 0 Å². The summed E-state index contributed by atoms with van der Waals surface area (Å²) in [5.74, 6) is 0.242. The average molecular weight is 344 g/mol. The van der Waals surface area contributed by atoms with Crippen molar-refractivity contribution >= 4 is 11.6 Å². The molecule has 1 fully saturated rings. The molecule has 0 saturated heterocycles. The Morgan fingerprint density at radius 1 is 1.08 bits per heavy atom. The van der Waals surface area contributed by atoms with Crippen molar-refractivity contribution in [2.75, 3.05) is 0 Å². The van der Waals surface area contributed by atoms with Gasteiger partial charge in [0.1, 0.15) is 0 Å². The Kier molecular flexibility index (Phi) is 4.35. The lowest BCUT2D eigenvalue weighted by Crippen LogP contribution is -2.19. The summed E-state index contributed by atoms with van der Waals surface area (Å²) >= 11 is 0. The zero-order valence-corrected chi connectivity index (χ0v) is 14.6. The van der Waals surface area contributed by atoms with Crippen LogP contribution in [-0.4, -0.2) is 21.8 Å². The first-order chi connectivity index (χ1) is 12.7. The highest BCUT2D eigenvalue weighted by molar-refractivity contribution is 6.00. The number of benzene rings is 2. The molecule has 0 unspecified atom stereocenters. The molecule has 0 atom stereocenters. The van der Waals surface area contributed by atoms with Crippen LogP contribution >= 0.6 is 0 Å². The summed E-state index contributed by atoms with van der Waals surface area (Å²) in [7, 11) is 0. The van der Waals surface area contributed by atoms with Crippen molar-refractivity contribution in [3.05, 3.63) is 77.6 Å². The Balaban J connectivity index is 1.42. The van der Waals surface area contributed by atoms with E-state index < -0.39 is 0 Å². The maximum atomic E-state index is 12.2. The van der Waals surface area contributed by atoms with Crippen LogP contribution in [0, 0.1) is 0 Å². The van der Waals surface area contributed by atoms with Gasteiger partial charge in [-0.15, -0.1) is 0 Å². The zero-order chi connectivity index (χ0) is 17.9. The van der Waals surface area contributed by atoms with Gasteiger partial charge in [-0.2, -0.15) is 10.2 Å². The molecule has 130 valence electrons. The molecule has 5 heteroatoms. The van der Waals surface area contributed by atoms with Gasteiger partial charge in [0.15, 0.2) is 5.69 Å². The van der Waals surface area contributed by atoms with Gasteiger partial charge in [0.25, 0.3) is 5.91 Å². The smallest absolute Gasteiger partial charge is 0.281 e. The summed E-state index contributed by atoms with van der Waals surface area (Å²) in [5, 5.41) is 11.2. The molecule has 1 heterocycles. The number of nitrogens with zero attached hydrogens (tertiary/aromatic N) is 2. The largest absolute Gasteiger partial charge is 0.291 e. The van der Waals surface area contributed by atoms with E-state index in [9.17, 15) is 4.79 Å². The fraction of sp³-hybridized carbons (Fsp3) is 0.190. The van der Waals surface area contributed by atoms with Crippen LogP contribution in [0.25, 0.3) is 11.1 Å². The molecule has 26 heavy (non-hydrogen) atoms. The van der Waals surface area contributed by atoms with Gasteiger partial charge in [-0.1, -0.05) is 54.6 Å². The number of hydrogen-bond acceptors (Lipinski definition) is 3. The molecule has 3 aromatic rings. The van der Waals surface area contributed by atoms with Gasteiger partial charge in [0.2, 0.25) is 0 Å². The van der Waals surface area contributed by atoms with E-state index in [4.69, 9.17) is 0 Å². The van der Waals surface area contributed by atoms with E-state index in [1.165, 1.54) is 18.4 Å². The maximum absolute atomic E-state index is 12.2. The zero-order valence-electron chi connectivity index (χ0n) is 14.6. The fourth-order valence-electron chi connectivity index (χ4n) is 2.85. The number of rotatable bonds is 5. The standard InChI is InChI=1S/C21H20N4O/c1-14(15-7-9-17(10-8-15)16-5-3-2-4-6-16)22-25-21(26)20-13-19(23-24-20)18-11-12-18/h2-10,13,18H,11-12H2,1H3,(H,23,24)(H,25,26). The highest BCUT2D eigenvalue weighted by Gasteiger charge is 2.26. The van der Waals surface area contributed by atoms with Crippen LogP contribution in [0.1, 0.15) is 47.4 Å². The number of aromatic amines is 1. The minimum Gasteiger partial charge on any atom is -0.281 e. The molecule has 1 aliphatic rings. The lowest BCUT2D eigenvalue weighted by atomic mass is 10.0. The molecule has 0 bridgehead atoms. The van der Waals surface area contributed by atoms with E-state index >= 15 is 0 Å². The van der Waals surface area contributed by atoms with E-state index in [1.54, 1.807) is 0 Å². The van der Waals surface area contributed by atoms with Crippen LogP contribution in [0.4, 0.5) is 0 Å². The molecule has 1 saturated carbocycles. The average Bonchev–Trinajstić information content (AvgIpc) is 3.43. The predicted octanol–water partition coefficient (Wildman–Crippen LogP) is 4.11. The van der Waals surface area contributed by atoms with Gasteiger partial charge in [-0.05, 0) is 42.5 Å². The molecule has 1 amide bonds. The third-order valence-electron chi connectivity index (χ3n) is 4.58. The van der Waals surface area contributed by atoms with E-state index in [1.807, 2.05) is 43.3 Å². The van der Waals surface area contributed by atoms with Gasteiger partial charge in [-0.25, -0.2) is 5.43 Å². The second-order valence-electron chi connectivity index (χ2n) is 6.56. The number of aromatic nitrogens is 2. The van der Waals surface area contributed by atoms with Crippen molar-refractivity contribution < 1.29 is 4.79 Å². The number of nitrogens with one attached hydrogen (secondary N) is 2. The molecule has 0 spiro atoms. The first-order valence-corrected chi connectivity index (χ1v) is 8.76. The minimum atomic E-state index is -0.298. The number of hydrazone groups is 1. The maximum Gasteiger partial charge on any atom is 0.291 e. The normalized spacial score (nSPS) is 14.3. The molecular weight excluding hydrogens is 324 g/mol. The SMILES string of the molecule is CC(=NNC(=O)c1cc(C2CC2)[nH]n1)c1ccc(-c2ccccc2)cc1. The summed E-state index contributed by atoms with van der Waals surface area (Å²) in [6.45, 7) is 1.87. The lowest BCUT2D eigenvalue weighted by molar-refractivity contribution is 0.0950. The quantitative estimate of drug-likeness (QED) is 0.540. The third kappa shape index (κ3) is 3.57. The monoisotopic (exact) mass is 344 g/mol. The van der Waals surface area contributed by atoms with Gasteiger partial charge in [0.05, 0.1) is 5.71 Å². The summed E-state index contributed by atoms with van der Waals surface area (Å²) in [6, 6.07) is 20.1. The highest BCUT2D eigenvalue weighted by Crippen LogP contribution is 2.38. The molecule has 2 N–H and O–H groups in total. The van der Waals surface area contributed by atoms with Gasteiger partial charge >= 0.3 is 0 Å². The Bertz CT molecular complexity index is 938. The Hall–Kier alpha value is -3.21. The molecular formula is C21H20N4O. The third-order valence-corrected chi connectivity index (χ3v) is 4.58. The molecule has 2 aromatic carbocycles. The molecule has 0 aliphatic heterocycles. The van der Waals surface area contributed by atoms with Crippen molar-refractivity contribution in [2.24, 2.45) is 5.10 Å². The van der Waals surface area contributed by atoms with Crippen molar-refractivity contribution in [1.82, 2.24) is 15.6 Å². The van der Waals surface area contributed by atoms with E-state index in [-0.39, 0.29) is 5.91 Å². The minimum absolute atomic E-state index is 0.298. The number of carbonyl (C=O) groups excluding carboxylic acids is 1. The van der Waals surface area contributed by atoms with E-state index in [2.05, 4.69) is 45.0 Å². The highest BCUT2D eigenvalue weighted by atomic mass is 16.2. The Morgan fingerprint density at radius 3 is 2.46 bits per heavy atom. The summed E-state index contributed by atoms with van der Waals surface area (Å²) in [4.78, 5) is 12.2. The van der Waals surface area contributed by atoms with Crippen molar-refractivity contribution in [3.63, 3.8) is 0 Å². The fourth-order valence-corrected chi connectivity index (χ4v) is 2.85. The number of carbonyl (C=O) groups is 1. The number of hydrogen-bond donors (Lipinski definition) is 2. The summed E-state index contributed by atoms with van der Waals surface area (Å²) in [6.07, 6.45) is 2.33.